The van der Waals surface area contributed by atoms with Gasteiger partial charge in [0.15, 0.2) is 0 Å². The van der Waals surface area contributed by atoms with Crippen LogP contribution in [0.1, 0.15) is 29.6 Å². The molecule has 0 spiro atoms. The molecule has 0 radical (unpaired) electrons. The van der Waals surface area contributed by atoms with Gasteiger partial charge in [-0.2, -0.15) is 0 Å². The van der Waals surface area contributed by atoms with Crippen molar-refractivity contribution in [1.29, 1.82) is 0 Å². The molecule has 0 N–H and O–H groups in total. The van der Waals surface area contributed by atoms with Crippen molar-refractivity contribution in [2.75, 3.05) is 0 Å². The first-order valence-corrected chi connectivity index (χ1v) is 9.45. The summed E-state index contributed by atoms with van der Waals surface area (Å²) in [5.41, 5.74) is 2.18. The molecule has 0 unspecified atom stereocenters. The quantitative estimate of drug-likeness (QED) is 0.608. The van der Waals surface area contributed by atoms with Gasteiger partial charge in [0, 0.05) is 9.35 Å². The highest BCUT2D eigenvalue weighted by molar-refractivity contribution is 9.10. The lowest BCUT2D eigenvalue weighted by atomic mass is 9.89. The van der Waals surface area contributed by atoms with Crippen molar-refractivity contribution in [3.05, 3.63) is 55.4 Å². The van der Waals surface area contributed by atoms with Gasteiger partial charge in [-0.3, -0.25) is 9.36 Å². The molecular weight excluding hydrogens is 372 g/mol. The summed E-state index contributed by atoms with van der Waals surface area (Å²) < 4.78 is 2.74. The Kier molecular flexibility index (Phi) is 3.65. The van der Waals surface area contributed by atoms with E-state index in [2.05, 4.69) is 22.9 Å². The minimum Gasteiger partial charge on any atom is -0.268 e. The third-order valence-electron chi connectivity index (χ3n) is 4.58. The van der Waals surface area contributed by atoms with Crippen LogP contribution >= 0.6 is 27.3 Å². The molecule has 1 aromatic carbocycles. The number of halogens is 1. The third kappa shape index (κ3) is 2.46. The summed E-state index contributed by atoms with van der Waals surface area (Å²) in [4.78, 5) is 20.2. The molecule has 0 saturated heterocycles. The van der Waals surface area contributed by atoms with Gasteiger partial charge in [0.2, 0.25) is 0 Å². The van der Waals surface area contributed by atoms with Gasteiger partial charge in [-0.05, 0) is 61.9 Å². The number of hydrogen-bond acceptors (Lipinski definition) is 3. The molecule has 1 atom stereocenters. The molecule has 0 saturated carbocycles. The van der Waals surface area contributed by atoms with Crippen molar-refractivity contribution in [2.24, 2.45) is 5.92 Å². The number of hydrogen-bond donors (Lipinski definition) is 0. The molecule has 0 amide bonds. The highest BCUT2D eigenvalue weighted by atomic mass is 79.9. The third-order valence-corrected chi connectivity index (χ3v) is 6.26. The van der Waals surface area contributed by atoms with Gasteiger partial charge in [-0.25, -0.2) is 4.98 Å². The van der Waals surface area contributed by atoms with E-state index in [1.807, 2.05) is 31.2 Å². The summed E-state index contributed by atoms with van der Waals surface area (Å²) in [6.45, 7) is 4.19. The molecule has 4 rings (SSSR count). The standard InChI is InChI=1S/C18H17BrN2OS/c1-10-3-8-14-15(9-10)23-17-16(14)18(22)21(11(2)20-17)13-6-4-12(19)5-7-13/h4-7,10H,3,8-9H2,1-2H3/t10-/m1/s1. The number of nitrogens with zero attached hydrogens (tertiary/aromatic N) is 2. The van der Waals surface area contributed by atoms with Gasteiger partial charge in [0.05, 0.1) is 11.1 Å². The van der Waals surface area contributed by atoms with Crippen molar-refractivity contribution in [1.82, 2.24) is 9.55 Å². The predicted molar refractivity (Wildman–Crippen MR) is 98.8 cm³/mol. The Labute approximate surface area is 147 Å². The summed E-state index contributed by atoms with van der Waals surface area (Å²) in [6.07, 6.45) is 3.23. The first-order chi connectivity index (χ1) is 11.0. The van der Waals surface area contributed by atoms with Crippen LogP contribution in [0.15, 0.2) is 33.5 Å². The van der Waals surface area contributed by atoms with Crippen molar-refractivity contribution >= 4 is 37.5 Å². The van der Waals surface area contributed by atoms with Crippen LogP contribution in [0.5, 0.6) is 0 Å². The molecule has 1 aliphatic carbocycles. The smallest absolute Gasteiger partial charge is 0.267 e. The highest BCUT2D eigenvalue weighted by Crippen LogP contribution is 2.36. The van der Waals surface area contributed by atoms with E-state index in [4.69, 9.17) is 4.98 Å². The van der Waals surface area contributed by atoms with Gasteiger partial charge >= 0.3 is 0 Å². The Hall–Kier alpha value is -1.46. The van der Waals surface area contributed by atoms with E-state index in [1.54, 1.807) is 15.9 Å². The fraction of sp³-hybridized carbons (Fsp3) is 0.333. The van der Waals surface area contributed by atoms with E-state index < -0.39 is 0 Å². The van der Waals surface area contributed by atoms with E-state index in [0.29, 0.717) is 5.92 Å². The lowest BCUT2D eigenvalue weighted by Gasteiger charge is -2.17. The minimum absolute atomic E-state index is 0.0712. The predicted octanol–water partition coefficient (Wildman–Crippen LogP) is 4.64. The number of aryl methyl sites for hydroxylation is 2. The number of aromatic nitrogens is 2. The molecular formula is C18H17BrN2OS. The lowest BCUT2D eigenvalue weighted by Crippen LogP contribution is -2.23. The van der Waals surface area contributed by atoms with Crippen molar-refractivity contribution in [3.63, 3.8) is 0 Å². The second-order valence-electron chi connectivity index (χ2n) is 6.31. The number of thiophene rings is 1. The van der Waals surface area contributed by atoms with E-state index in [9.17, 15) is 4.79 Å². The number of benzene rings is 1. The Morgan fingerprint density at radius 1 is 1.30 bits per heavy atom. The zero-order chi connectivity index (χ0) is 16.1. The van der Waals surface area contributed by atoms with Crippen molar-refractivity contribution in [3.8, 4) is 5.69 Å². The van der Waals surface area contributed by atoms with E-state index in [-0.39, 0.29) is 5.56 Å². The maximum atomic E-state index is 13.2. The molecule has 0 bridgehead atoms. The Bertz CT molecular complexity index is 956. The van der Waals surface area contributed by atoms with Crippen molar-refractivity contribution in [2.45, 2.75) is 33.1 Å². The SMILES string of the molecule is Cc1nc2sc3c(c2c(=O)n1-c1ccc(Br)cc1)CC[C@@H](C)C3. The molecule has 0 aliphatic heterocycles. The van der Waals surface area contributed by atoms with Gasteiger partial charge in [0.1, 0.15) is 10.7 Å². The molecule has 118 valence electrons. The van der Waals surface area contributed by atoms with Crippen LogP contribution in [0, 0.1) is 12.8 Å². The van der Waals surface area contributed by atoms with E-state index in [1.165, 1.54) is 10.4 Å². The first kappa shape index (κ1) is 15.1. The Morgan fingerprint density at radius 2 is 2.04 bits per heavy atom. The van der Waals surface area contributed by atoms with Crippen LogP contribution in [0.2, 0.25) is 0 Å². The Balaban J connectivity index is 2.00. The fourth-order valence-electron chi connectivity index (χ4n) is 3.39. The van der Waals surface area contributed by atoms with Gasteiger partial charge in [0.25, 0.3) is 5.56 Å². The molecule has 2 aromatic heterocycles. The summed E-state index contributed by atoms with van der Waals surface area (Å²) in [7, 11) is 0. The van der Waals surface area contributed by atoms with Crippen LogP contribution in [-0.2, 0) is 12.8 Å². The molecule has 1 aliphatic rings. The minimum atomic E-state index is 0.0712. The summed E-state index contributed by atoms with van der Waals surface area (Å²) in [5, 5.41) is 0.838. The maximum Gasteiger partial charge on any atom is 0.267 e. The number of fused-ring (bicyclic) bond motifs is 3. The zero-order valence-electron chi connectivity index (χ0n) is 13.1. The second-order valence-corrected chi connectivity index (χ2v) is 8.31. The first-order valence-electron chi connectivity index (χ1n) is 7.84. The van der Waals surface area contributed by atoms with E-state index >= 15 is 0 Å². The molecule has 0 fully saturated rings. The van der Waals surface area contributed by atoms with Gasteiger partial charge < -0.3 is 0 Å². The second kappa shape index (κ2) is 5.56. The van der Waals surface area contributed by atoms with Gasteiger partial charge in [-0.15, -0.1) is 11.3 Å². The Morgan fingerprint density at radius 3 is 2.78 bits per heavy atom. The molecule has 2 heterocycles. The average Bonchev–Trinajstić information content (AvgIpc) is 2.86. The van der Waals surface area contributed by atoms with Gasteiger partial charge in [-0.1, -0.05) is 22.9 Å². The van der Waals surface area contributed by atoms with E-state index in [0.717, 1.165) is 45.5 Å². The lowest BCUT2D eigenvalue weighted by molar-refractivity contribution is 0.509. The summed E-state index contributed by atoms with van der Waals surface area (Å²) >= 11 is 5.15. The largest absolute Gasteiger partial charge is 0.268 e. The summed E-state index contributed by atoms with van der Waals surface area (Å²) in [6, 6.07) is 7.81. The molecule has 3 aromatic rings. The van der Waals surface area contributed by atoms with Crippen LogP contribution in [0.3, 0.4) is 0 Å². The van der Waals surface area contributed by atoms with Crippen LogP contribution in [0.4, 0.5) is 0 Å². The van der Waals surface area contributed by atoms with Crippen LogP contribution in [-0.4, -0.2) is 9.55 Å². The maximum absolute atomic E-state index is 13.2. The molecule has 23 heavy (non-hydrogen) atoms. The topological polar surface area (TPSA) is 34.9 Å². The molecule has 5 heteroatoms. The molecule has 3 nitrogen and oxygen atoms in total. The highest BCUT2D eigenvalue weighted by Gasteiger charge is 2.24. The number of rotatable bonds is 1. The normalized spacial score (nSPS) is 17.4. The monoisotopic (exact) mass is 388 g/mol. The van der Waals surface area contributed by atoms with Crippen molar-refractivity contribution < 1.29 is 0 Å². The van der Waals surface area contributed by atoms with Crippen LogP contribution in [0.25, 0.3) is 15.9 Å². The summed E-state index contributed by atoms with van der Waals surface area (Å²) in [5.74, 6) is 1.45. The average molecular weight is 389 g/mol. The fourth-order valence-corrected chi connectivity index (χ4v) is 5.07. The zero-order valence-corrected chi connectivity index (χ0v) is 15.5. The van der Waals surface area contributed by atoms with Crippen LogP contribution < -0.4 is 5.56 Å².